The lowest BCUT2D eigenvalue weighted by molar-refractivity contribution is -0.192. The minimum absolute atomic E-state index is 0.201. The van der Waals surface area contributed by atoms with Gasteiger partial charge in [-0.2, -0.15) is 0 Å². The van der Waals surface area contributed by atoms with Crippen molar-refractivity contribution in [2.75, 3.05) is 13.2 Å². The molecular weight excluding hydrogens is 315 g/mol. The van der Waals surface area contributed by atoms with E-state index in [0.717, 1.165) is 48.9 Å². The lowest BCUT2D eigenvalue weighted by atomic mass is 9.48. The SMILES string of the molecule is C[C@@]1(O)CC[C@H]2[C@H](CC[C@@H]3[C@@H]2CC[C@]2(C)[C@@H](C4(F)COC4)CC[C@@H]32)C1. The Kier molecular flexibility index (Phi) is 3.69. The van der Waals surface area contributed by atoms with Gasteiger partial charge in [-0.1, -0.05) is 6.92 Å². The molecule has 25 heavy (non-hydrogen) atoms. The first-order chi connectivity index (χ1) is 11.8. The van der Waals surface area contributed by atoms with Gasteiger partial charge in [0, 0.05) is 5.92 Å². The molecule has 3 heteroatoms. The topological polar surface area (TPSA) is 29.5 Å². The maximum atomic E-state index is 15.3. The molecule has 0 aromatic rings. The molecule has 1 N–H and O–H groups in total. The second-order valence-electron chi connectivity index (χ2n) is 10.9. The van der Waals surface area contributed by atoms with E-state index in [0.29, 0.717) is 13.2 Å². The van der Waals surface area contributed by atoms with Crippen LogP contribution in [-0.2, 0) is 4.74 Å². The molecule has 0 spiro atoms. The van der Waals surface area contributed by atoms with Gasteiger partial charge in [-0.15, -0.1) is 0 Å². The molecular formula is C22H35FO2. The second-order valence-corrected chi connectivity index (χ2v) is 10.9. The zero-order valence-corrected chi connectivity index (χ0v) is 16.0. The maximum absolute atomic E-state index is 15.3. The molecule has 0 unspecified atom stereocenters. The van der Waals surface area contributed by atoms with Crippen molar-refractivity contribution in [3.05, 3.63) is 0 Å². The van der Waals surface area contributed by atoms with Crippen molar-refractivity contribution >= 4 is 0 Å². The number of rotatable bonds is 1. The van der Waals surface area contributed by atoms with Crippen molar-refractivity contribution in [3.8, 4) is 0 Å². The van der Waals surface area contributed by atoms with E-state index < -0.39 is 11.3 Å². The van der Waals surface area contributed by atoms with Crippen LogP contribution in [0.4, 0.5) is 4.39 Å². The molecule has 2 nitrogen and oxygen atoms in total. The van der Waals surface area contributed by atoms with Gasteiger partial charge in [0.2, 0.25) is 0 Å². The normalized spacial score (nSPS) is 57.1. The summed E-state index contributed by atoms with van der Waals surface area (Å²) in [4.78, 5) is 0. The van der Waals surface area contributed by atoms with Crippen molar-refractivity contribution < 1.29 is 14.2 Å². The third-order valence-electron chi connectivity index (χ3n) is 9.55. The van der Waals surface area contributed by atoms with E-state index in [-0.39, 0.29) is 11.3 Å². The van der Waals surface area contributed by atoms with E-state index in [2.05, 4.69) is 6.92 Å². The minimum Gasteiger partial charge on any atom is -0.390 e. The Morgan fingerprint density at radius 3 is 2.36 bits per heavy atom. The highest BCUT2D eigenvalue weighted by Gasteiger charge is 2.63. The standard InChI is InChI=1S/C22H35FO2/c1-20(24)9-7-15-14(11-20)3-4-17-16(15)8-10-21(2)18(17)5-6-19(21)22(23)12-25-13-22/h14-19,24H,3-13H2,1-2H3/t14-,15+,16-,17-,18+,19+,20-,21+/m1/s1. The summed E-state index contributed by atoms with van der Waals surface area (Å²) in [6, 6.07) is 0. The molecule has 142 valence electrons. The first kappa shape index (κ1) is 17.0. The molecule has 0 amide bonds. The lowest BCUT2D eigenvalue weighted by Crippen LogP contribution is -2.58. The molecule has 0 aromatic carbocycles. The van der Waals surface area contributed by atoms with Crippen LogP contribution in [0, 0.1) is 40.9 Å². The zero-order valence-electron chi connectivity index (χ0n) is 16.0. The summed E-state index contributed by atoms with van der Waals surface area (Å²) in [5.41, 5.74) is -1.26. The maximum Gasteiger partial charge on any atom is 0.160 e. The number of alkyl halides is 1. The fourth-order valence-electron chi connectivity index (χ4n) is 8.43. The van der Waals surface area contributed by atoms with Crippen LogP contribution in [-0.4, -0.2) is 29.6 Å². The number of ether oxygens (including phenoxy) is 1. The third kappa shape index (κ3) is 2.40. The Morgan fingerprint density at radius 2 is 1.64 bits per heavy atom. The molecule has 1 aliphatic heterocycles. The van der Waals surface area contributed by atoms with Gasteiger partial charge in [0.05, 0.1) is 18.8 Å². The molecule has 5 fully saturated rings. The molecule has 1 saturated heterocycles. The summed E-state index contributed by atoms with van der Waals surface area (Å²) in [6.45, 7) is 5.14. The predicted octanol–water partition coefficient (Wildman–Crippen LogP) is 4.74. The minimum atomic E-state index is -1.03. The van der Waals surface area contributed by atoms with Crippen LogP contribution in [0.15, 0.2) is 0 Å². The molecule has 4 aliphatic carbocycles. The number of hydrogen-bond acceptors (Lipinski definition) is 2. The summed E-state index contributed by atoms with van der Waals surface area (Å²) in [6.07, 6.45) is 10.7. The molecule has 0 aromatic heterocycles. The van der Waals surface area contributed by atoms with Gasteiger partial charge < -0.3 is 9.84 Å². The van der Waals surface area contributed by atoms with Gasteiger partial charge in [-0.3, -0.25) is 0 Å². The fourth-order valence-corrected chi connectivity index (χ4v) is 8.43. The second kappa shape index (κ2) is 5.44. The van der Waals surface area contributed by atoms with Gasteiger partial charge >= 0.3 is 0 Å². The predicted molar refractivity (Wildman–Crippen MR) is 95.9 cm³/mol. The lowest BCUT2D eigenvalue weighted by Gasteiger charge is -2.58. The van der Waals surface area contributed by atoms with E-state index in [1.807, 2.05) is 6.92 Å². The average Bonchev–Trinajstić information content (AvgIpc) is 2.89. The molecule has 5 aliphatic rings. The van der Waals surface area contributed by atoms with E-state index in [1.54, 1.807) is 0 Å². The number of fused-ring (bicyclic) bond motifs is 5. The van der Waals surface area contributed by atoms with Crippen LogP contribution in [0.25, 0.3) is 0 Å². The molecule has 1 heterocycles. The highest BCUT2D eigenvalue weighted by Crippen LogP contribution is 2.67. The van der Waals surface area contributed by atoms with Crippen molar-refractivity contribution in [2.45, 2.75) is 82.9 Å². The summed E-state index contributed by atoms with van der Waals surface area (Å²) < 4.78 is 20.5. The van der Waals surface area contributed by atoms with E-state index in [9.17, 15) is 5.11 Å². The fraction of sp³-hybridized carbons (Fsp3) is 1.00. The Labute approximate surface area is 151 Å². The summed E-state index contributed by atoms with van der Waals surface area (Å²) in [5, 5.41) is 10.5. The van der Waals surface area contributed by atoms with Gasteiger partial charge in [0.15, 0.2) is 5.67 Å². The molecule has 8 atom stereocenters. The number of halogens is 1. The largest absolute Gasteiger partial charge is 0.390 e. The highest BCUT2D eigenvalue weighted by atomic mass is 19.1. The first-order valence-corrected chi connectivity index (χ1v) is 10.8. The molecule has 0 radical (unpaired) electrons. The smallest absolute Gasteiger partial charge is 0.160 e. The van der Waals surface area contributed by atoms with Crippen molar-refractivity contribution in [2.24, 2.45) is 40.9 Å². The van der Waals surface area contributed by atoms with Crippen LogP contribution in [0.1, 0.15) is 71.6 Å². The molecule has 0 bridgehead atoms. The zero-order chi connectivity index (χ0) is 17.4. The number of aliphatic hydroxyl groups is 1. The average molecular weight is 351 g/mol. The van der Waals surface area contributed by atoms with Crippen molar-refractivity contribution in [1.82, 2.24) is 0 Å². The number of hydrogen-bond donors (Lipinski definition) is 1. The van der Waals surface area contributed by atoms with Gasteiger partial charge in [-0.05, 0) is 99.7 Å². The Morgan fingerprint density at radius 1 is 0.880 bits per heavy atom. The van der Waals surface area contributed by atoms with Crippen molar-refractivity contribution in [3.63, 3.8) is 0 Å². The van der Waals surface area contributed by atoms with Crippen LogP contribution in [0.2, 0.25) is 0 Å². The highest BCUT2D eigenvalue weighted by molar-refractivity contribution is 5.12. The Hall–Kier alpha value is -0.150. The quantitative estimate of drug-likeness (QED) is 0.740. The summed E-state index contributed by atoms with van der Waals surface area (Å²) in [7, 11) is 0. The summed E-state index contributed by atoms with van der Waals surface area (Å²) in [5.74, 6) is 4.18. The first-order valence-electron chi connectivity index (χ1n) is 10.8. The van der Waals surface area contributed by atoms with Gasteiger partial charge in [0.25, 0.3) is 0 Å². The van der Waals surface area contributed by atoms with E-state index in [4.69, 9.17) is 4.74 Å². The van der Waals surface area contributed by atoms with Crippen LogP contribution in [0.5, 0.6) is 0 Å². The third-order valence-corrected chi connectivity index (χ3v) is 9.55. The molecule has 4 saturated carbocycles. The molecule has 5 rings (SSSR count). The van der Waals surface area contributed by atoms with Crippen LogP contribution in [0.3, 0.4) is 0 Å². The van der Waals surface area contributed by atoms with Gasteiger partial charge in [0.1, 0.15) is 0 Å². The monoisotopic (exact) mass is 350 g/mol. The van der Waals surface area contributed by atoms with E-state index in [1.165, 1.54) is 38.5 Å². The van der Waals surface area contributed by atoms with Crippen LogP contribution >= 0.6 is 0 Å². The van der Waals surface area contributed by atoms with Crippen LogP contribution < -0.4 is 0 Å². The van der Waals surface area contributed by atoms with Gasteiger partial charge in [-0.25, -0.2) is 4.39 Å². The summed E-state index contributed by atoms with van der Waals surface area (Å²) >= 11 is 0. The van der Waals surface area contributed by atoms with E-state index >= 15 is 4.39 Å². The Bertz CT molecular complexity index is 542. The van der Waals surface area contributed by atoms with Crippen molar-refractivity contribution in [1.29, 1.82) is 0 Å². The Balaban J connectivity index is 1.37.